The lowest BCUT2D eigenvalue weighted by Crippen LogP contribution is -2.03. The standard InChI is InChI=1S/C13H11Br2NO/c14-10-3-1-2-9(6-10)7-13(17)12-5-4-11(15)8-16-12/h1-6,8,13,17H,7H2. The van der Waals surface area contributed by atoms with Crippen molar-refractivity contribution < 1.29 is 5.11 Å². The molecule has 1 aromatic heterocycles. The number of hydrogen-bond donors (Lipinski definition) is 1. The van der Waals surface area contributed by atoms with Crippen LogP contribution < -0.4 is 0 Å². The van der Waals surface area contributed by atoms with Crippen molar-refractivity contribution in [3.05, 3.63) is 62.8 Å². The molecule has 1 unspecified atom stereocenters. The Kier molecular flexibility index (Phi) is 4.31. The number of pyridine rings is 1. The smallest absolute Gasteiger partial charge is 0.0999 e. The van der Waals surface area contributed by atoms with Gasteiger partial charge in [-0.25, -0.2) is 0 Å². The van der Waals surface area contributed by atoms with Crippen molar-refractivity contribution in [1.29, 1.82) is 0 Å². The van der Waals surface area contributed by atoms with E-state index in [4.69, 9.17) is 0 Å². The summed E-state index contributed by atoms with van der Waals surface area (Å²) in [7, 11) is 0. The van der Waals surface area contributed by atoms with Crippen LogP contribution in [0.4, 0.5) is 0 Å². The number of aliphatic hydroxyl groups excluding tert-OH is 1. The van der Waals surface area contributed by atoms with E-state index in [1.165, 1.54) is 0 Å². The Balaban J connectivity index is 2.11. The molecule has 0 saturated heterocycles. The van der Waals surface area contributed by atoms with Crippen molar-refractivity contribution in [3.8, 4) is 0 Å². The summed E-state index contributed by atoms with van der Waals surface area (Å²) in [6.45, 7) is 0. The molecule has 1 N–H and O–H groups in total. The summed E-state index contributed by atoms with van der Waals surface area (Å²) < 4.78 is 1.93. The first-order valence-electron chi connectivity index (χ1n) is 5.19. The van der Waals surface area contributed by atoms with Crippen LogP contribution in [0.25, 0.3) is 0 Å². The van der Waals surface area contributed by atoms with E-state index in [1.54, 1.807) is 6.20 Å². The monoisotopic (exact) mass is 355 g/mol. The van der Waals surface area contributed by atoms with Gasteiger partial charge in [0.2, 0.25) is 0 Å². The predicted octanol–water partition coefficient (Wildman–Crippen LogP) is 3.88. The molecule has 17 heavy (non-hydrogen) atoms. The fraction of sp³-hybridized carbons (Fsp3) is 0.154. The van der Waals surface area contributed by atoms with Crippen LogP contribution in [0.3, 0.4) is 0 Å². The number of hydrogen-bond acceptors (Lipinski definition) is 2. The molecule has 0 aliphatic rings. The van der Waals surface area contributed by atoms with E-state index in [-0.39, 0.29) is 0 Å². The molecule has 0 saturated carbocycles. The molecule has 88 valence electrons. The molecule has 1 heterocycles. The number of benzene rings is 1. The molecule has 0 fully saturated rings. The summed E-state index contributed by atoms with van der Waals surface area (Å²) in [5, 5.41) is 10.1. The Morgan fingerprint density at radius 2 is 1.94 bits per heavy atom. The van der Waals surface area contributed by atoms with Crippen molar-refractivity contribution in [3.63, 3.8) is 0 Å². The first-order chi connectivity index (χ1) is 8.15. The highest BCUT2D eigenvalue weighted by molar-refractivity contribution is 9.10. The molecule has 0 radical (unpaired) electrons. The molecule has 0 aliphatic heterocycles. The summed E-state index contributed by atoms with van der Waals surface area (Å²) in [5.74, 6) is 0. The fourth-order valence-corrected chi connectivity index (χ4v) is 2.26. The van der Waals surface area contributed by atoms with Gasteiger partial charge in [0.1, 0.15) is 0 Å². The third kappa shape index (κ3) is 3.63. The minimum absolute atomic E-state index is 0.564. The van der Waals surface area contributed by atoms with E-state index < -0.39 is 6.10 Å². The topological polar surface area (TPSA) is 33.1 Å². The van der Waals surface area contributed by atoms with Gasteiger partial charge in [-0.05, 0) is 45.8 Å². The molecule has 0 amide bonds. The second-order valence-electron chi connectivity index (χ2n) is 3.75. The normalized spacial score (nSPS) is 12.4. The van der Waals surface area contributed by atoms with Crippen molar-refractivity contribution in [2.75, 3.05) is 0 Å². The second-order valence-corrected chi connectivity index (χ2v) is 5.58. The Morgan fingerprint density at radius 1 is 1.12 bits per heavy atom. The summed E-state index contributed by atoms with van der Waals surface area (Å²) in [6, 6.07) is 11.6. The highest BCUT2D eigenvalue weighted by atomic mass is 79.9. The minimum Gasteiger partial charge on any atom is -0.386 e. The van der Waals surface area contributed by atoms with Gasteiger partial charge in [-0.1, -0.05) is 28.1 Å². The van der Waals surface area contributed by atoms with Crippen molar-refractivity contribution in [2.45, 2.75) is 12.5 Å². The van der Waals surface area contributed by atoms with E-state index in [0.717, 1.165) is 14.5 Å². The quantitative estimate of drug-likeness (QED) is 0.905. The zero-order valence-electron chi connectivity index (χ0n) is 8.98. The number of rotatable bonds is 3. The predicted molar refractivity (Wildman–Crippen MR) is 74.7 cm³/mol. The first-order valence-corrected chi connectivity index (χ1v) is 6.78. The van der Waals surface area contributed by atoms with Crippen LogP contribution >= 0.6 is 31.9 Å². The van der Waals surface area contributed by atoms with E-state index in [1.807, 2.05) is 36.4 Å². The maximum Gasteiger partial charge on any atom is 0.0999 e. The van der Waals surface area contributed by atoms with Crippen LogP contribution in [0.5, 0.6) is 0 Å². The van der Waals surface area contributed by atoms with E-state index >= 15 is 0 Å². The average molecular weight is 357 g/mol. The SMILES string of the molecule is OC(Cc1cccc(Br)c1)c1ccc(Br)cn1. The van der Waals surface area contributed by atoms with Crippen LogP contribution in [-0.4, -0.2) is 10.1 Å². The average Bonchev–Trinajstić information content (AvgIpc) is 2.29. The second kappa shape index (κ2) is 5.76. The van der Waals surface area contributed by atoms with Crippen LogP contribution in [-0.2, 0) is 6.42 Å². The van der Waals surface area contributed by atoms with Gasteiger partial charge in [0, 0.05) is 21.6 Å². The van der Waals surface area contributed by atoms with Crippen molar-refractivity contribution in [1.82, 2.24) is 4.98 Å². The zero-order valence-corrected chi connectivity index (χ0v) is 12.1. The Hall–Kier alpha value is -0.710. The molecule has 2 aromatic rings. The largest absolute Gasteiger partial charge is 0.386 e. The molecule has 0 bridgehead atoms. The number of nitrogens with zero attached hydrogens (tertiary/aromatic N) is 1. The van der Waals surface area contributed by atoms with Crippen LogP contribution in [0, 0.1) is 0 Å². The fourth-order valence-electron chi connectivity index (χ4n) is 1.58. The highest BCUT2D eigenvalue weighted by Crippen LogP contribution is 2.20. The van der Waals surface area contributed by atoms with E-state index in [0.29, 0.717) is 12.1 Å². The minimum atomic E-state index is -0.572. The summed E-state index contributed by atoms with van der Waals surface area (Å²) in [6.07, 6.45) is 1.69. The molecular formula is C13H11Br2NO. The number of halogens is 2. The summed E-state index contributed by atoms with van der Waals surface area (Å²) >= 11 is 6.73. The molecular weight excluding hydrogens is 346 g/mol. The Morgan fingerprint density at radius 3 is 2.59 bits per heavy atom. The highest BCUT2D eigenvalue weighted by Gasteiger charge is 2.09. The lowest BCUT2D eigenvalue weighted by atomic mass is 10.1. The van der Waals surface area contributed by atoms with Crippen LogP contribution in [0.2, 0.25) is 0 Å². The van der Waals surface area contributed by atoms with Crippen molar-refractivity contribution in [2.24, 2.45) is 0 Å². The lowest BCUT2D eigenvalue weighted by Gasteiger charge is -2.10. The van der Waals surface area contributed by atoms with Gasteiger partial charge in [0.05, 0.1) is 11.8 Å². The summed E-state index contributed by atoms with van der Waals surface area (Å²) in [4.78, 5) is 4.19. The van der Waals surface area contributed by atoms with Crippen LogP contribution in [0.1, 0.15) is 17.4 Å². The molecule has 2 rings (SSSR count). The van der Waals surface area contributed by atoms with Gasteiger partial charge >= 0.3 is 0 Å². The molecule has 2 nitrogen and oxygen atoms in total. The molecule has 1 atom stereocenters. The Bertz CT molecular complexity index is 499. The maximum atomic E-state index is 10.1. The number of aliphatic hydroxyl groups is 1. The van der Waals surface area contributed by atoms with Crippen molar-refractivity contribution >= 4 is 31.9 Å². The molecule has 0 spiro atoms. The van der Waals surface area contributed by atoms with Gasteiger partial charge in [-0.15, -0.1) is 0 Å². The van der Waals surface area contributed by atoms with Gasteiger partial charge < -0.3 is 5.11 Å². The third-order valence-electron chi connectivity index (χ3n) is 2.41. The van der Waals surface area contributed by atoms with E-state index in [9.17, 15) is 5.11 Å². The van der Waals surface area contributed by atoms with Gasteiger partial charge in [0.25, 0.3) is 0 Å². The number of aromatic nitrogens is 1. The molecule has 0 aliphatic carbocycles. The maximum absolute atomic E-state index is 10.1. The lowest BCUT2D eigenvalue weighted by molar-refractivity contribution is 0.173. The van der Waals surface area contributed by atoms with E-state index in [2.05, 4.69) is 36.8 Å². The van der Waals surface area contributed by atoms with Gasteiger partial charge in [0.15, 0.2) is 0 Å². The molecule has 1 aromatic carbocycles. The van der Waals surface area contributed by atoms with Gasteiger partial charge in [-0.3, -0.25) is 4.98 Å². The zero-order chi connectivity index (χ0) is 12.3. The third-order valence-corrected chi connectivity index (χ3v) is 3.37. The van der Waals surface area contributed by atoms with Gasteiger partial charge in [-0.2, -0.15) is 0 Å². The first kappa shape index (κ1) is 12.7. The molecule has 4 heteroatoms. The Labute approximate surface area is 117 Å². The van der Waals surface area contributed by atoms with Crippen LogP contribution in [0.15, 0.2) is 51.5 Å². The summed E-state index contributed by atoms with van der Waals surface area (Å²) in [5.41, 5.74) is 1.77.